The molecule has 7 nitrogen and oxygen atoms in total. The van der Waals surface area contributed by atoms with Crippen LogP contribution in [0.2, 0.25) is 0 Å². The van der Waals surface area contributed by atoms with E-state index in [4.69, 9.17) is 4.74 Å². The number of halogens is 1. The third-order valence-corrected chi connectivity index (χ3v) is 4.05. The number of amides is 1. The van der Waals surface area contributed by atoms with Crippen molar-refractivity contribution in [1.82, 2.24) is 0 Å². The summed E-state index contributed by atoms with van der Waals surface area (Å²) in [5.41, 5.74) is 0.118. The molecule has 0 bridgehead atoms. The van der Waals surface area contributed by atoms with Gasteiger partial charge in [-0.1, -0.05) is 6.07 Å². The Kier molecular flexibility index (Phi) is 5.23. The molecule has 2 rings (SSSR count). The zero-order valence-electron chi connectivity index (χ0n) is 10.9. The van der Waals surface area contributed by atoms with E-state index >= 15 is 0 Å². The van der Waals surface area contributed by atoms with Crippen LogP contribution < -0.4 is 5.32 Å². The zero-order chi connectivity index (χ0) is 16.1. The van der Waals surface area contributed by atoms with Gasteiger partial charge in [-0.3, -0.25) is 14.9 Å². The van der Waals surface area contributed by atoms with Crippen LogP contribution in [-0.2, 0) is 9.53 Å². The minimum absolute atomic E-state index is 0.141. The first-order valence-electron chi connectivity index (χ1n) is 5.92. The second-order valence-corrected chi connectivity index (χ2v) is 6.50. The summed E-state index contributed by atoms with van der Waals surface area (Å²) in [5.74, 6) is -1.19. The van der Waals surface area contributed by atoms with Crippen molar-refractivity contribution >= 4 is 50.5 Å². The van der Waals surface area contributed by atoms with Gasteiger partial charge in [-0.15, -0.1) is 11.3 Å². The molecule has 2 aromatic rings. The normalized spacial score (nSPS) is 10.0. The lowest BCUT2D eigenvalue weighted by Gasteiger charge is -2.05. The van der Waals surface area contributed by atoms with Crippen molar-refractivity contribution in [1.29, 1.82) is 0 Å². The molecule has 1 heterocycles. The van der Waals surface area contributed by atoms with Crippen molar-refractivity contribution in [3.05, 3.63) is 55.2 Å². The highest BCUT2D eigenvalue weighted by atomic mass is 79.9. The van der Waals surface area contributed by atoms with E-state index in [9.17, 15) is 19.7 Å². The summed E-state index contributed by atoms with van der Waals surface area (Å²) in [5, 5.41) is 13.1. The summed E-state index contributed by atoms with van der Waals surface area (Å²) in [6, 6.07) is 8.76. The maximum Gasteiger partial charge on any atom is 0.348 e. The van der Waals surface area contributed by atoms with Gasteiger partial charge in [0.25, 0.3) is 11.6 Å². The molecule has 0 aliphatic carbocycles. The lowest BCUT2D eigenvalue weighted by Crippen LogP contribution is -2.20. The molecule has 1 N–H and O–H groups in total. The van der Waals surface area contributed by atoms with E-state index in [0.717, 1.165) is 3.79 Å². The van der Waals surface area contributed by atoms with E-state index in [2.05, 4.69) is 21.2 Å². The largest absolute Gasteiger partial charge is 0.451 e. The van der Waals surface area contributed by atoms with Crippen LogP contribution in [0, 0.1) is 10.1 Å². The van der Waals surface area contributed by atoms with Crippen LogP contribution in [0.1, 0.15) is 9.67 Å². The van der Waals surface area contributed by atoms with Crippen molar-refractivity contribution in [2.45, 2.75) is 0 Å². The number of hydrogen-bond donors (Lipinski definition) is 1. The van der Waals surface area contributed by atoms with Gasteiger partial charge in [0.05, 0.1) is 8.71 Å². The number of thiophene rings is 1. The van der Waals surface area contributed by atoms with Gasteiger partial charge in [0.2, 0.25) is 0 Å². The quantitative estimate of drug-likeness (QED) is 0.484. The number of nitro benzene ring substituents is 1. The van der Waals surface area contributed by atoms with Crippen molar-refractivity contribution in [2.24, 2.45) is 0 Å². The number of non-ortho nitro benzene ring substituents is 1. The molecule has 0 aliphatic heterocycles. The minimum Gasteiger partial charge on any atom is -0.451 e. The van der Waals surface area contributed by atoms with Crippen LogP contribution in [-0.4, -0.2) is 23.4 Å². The molecule has 1 aromatic carbocycles. The van der Waals surface area contributed by atoms with Gasteiger partial charge >= 0.3 is 5.97 Å². The molecule has 1 amide bonds. The molecule has 0 atom stereocenters. The van der Waals surface area contributed by atoms with Gasteiger partial charge in [-0.05, 0) is 34.1 Å². The number of anilines is 1. The molecule has 0 saturated carbocycles. The van der Waals surface area contributed by atoms with Gasteiger partial charge < -0.3 is 10.1 Å². The molecule has 0 radical (unpaired) electrons. The topological polar surface area (TPSA) is 98.5 Å². The lowest BCUT2D eigenvalue weighted by molar-refractivity contribution is -0.384. The molecular weight excluding hydrogens is 376 g/mol. The van der Waals surface area contributed by atoms with E-state index in [1.165, 1.54) is 35.6 Å². The van der Waals surface area contributed by atoms with Crippen molar-refractivity contribution < 1.29 is 19.2 Å². The summed E-state index contributed by atoms with van der Waals surface area (Å²) in [4.78, 5) is 33.8. The average molecular weight is 385 g/mol. The number of ether oxygens (including phenoxy) is 1. The predicted molar refractivity (Wildman–Crippen MR) is 84.0 cm³/mol. The number of esters is 1. The minimum atomic E-state index is -0.607. The third-order valence-electron chi connectivity index (χ3n) is 2.45. The molecule has 9 heteroatoms. The number of nitrogens with one attached hydrogen (secondary N) is 1. The fourth-order valence-corrected chi connectivity index (χ4v) is 2.80. The number of benzene rings is 1. The van der Waals surface area contributed by atoms with E-state index in [0.29, 0.717) is 4.88 Å². The number of carbonyl (C=O) groups excluding carboxylic acids is 2. The Morgan fingerprint density at radius 3 is 2.73 bits per heavy atom. The molecule has 0 spiro atoms. The fourth-order valence-electron chi connectivity index (χ4n) is 1.52. The first-order valence-corrected chi connectivity index (χ1v) is 7.53. The Bertz CT molecular complexity index is 731. The van der Waals surface area contributed by atoms with Crippen LogP contribution >= 0.6 is 27.3 Å². The van der Waals surface area contributed by atoms with Crippen LogP contribution in [0.15, 0.2) is 40.2 Å². The summed E-state index contributed by atoms with van der Waals surface area (Å²) in [6.07, 6.45) is 0. The van der Waals surface area contributed by atoms with Crippen LogP contribution in [0.5, 0.6) is 0 Å². The van der Waals surface area contributed by atoms with Gasteiger partial charge in [0, 0.05) is 17.8 Å². The first kappa shape index (κ1) is 16.1. The predicted octanol–water partition coefficient (Wildman–Crippen LogP) is 3.21. The van der Waals surface area contributed by atoms with Gasteiger partial charge in [-0.25, -0.2) is 4.79 Å². The van der Waals surface area contributed by atoms with Crippen molar-refractivity contribution in [3.63, 3.8) is 0 Å². The maximum atomic E-state index is 11.7. The number of carbonyl (C=O) groups is 2. The molecule has 22 heavy (non-hydrogen) atoms. The Hall–Kier alpha value is -2.26. The van der Waals surface area contributed by atoms with Gasteiger partial charge in [0.15, 0.2) is 6.61 Å². The number of nitro groups is 1. The van der Waals surface area contributed by atoms with E-state index in [-0.39, 0.29) is 11.4 Å². The van der Waals surface area contributed by atoms with Crippen LogP contribution in [0.25, 0.3) is 0 Å². The highest BCUT2D eigenvalue weighted by molar-refractivity contribution is 9.11. The molecule has 0 aliphatic rings. The highest BCUT2D eigenvalue weighted by Crippen LogP contribution is 2.22. The number of nitrogens with zero attached hydrogens (tertiary/aromatic N) is 1. The summed E-state index contributed by atoms with van der Waals surface area (Å²) in [7, 11) is 0. The van der Waals surface area contributed by atoms with Crippen molar-refractivity contribution in [3.8, 4) is 0 Å². The maximum absolute atomic E-state index is 11.7. The van der Waals surface area contributed by atoms with Gasteiger partial charge in [-0.2, -0.15) is 0 Å². The fraction of sp³-hybridized carbons (Fsp3) is 0.0769. The lowest BCUT2D eigenvalue weighted by atomic mass is 10.3. The Morgan fingerprint density at radius 1 is 1.32 bits per heavy atom. The summed E-state index contributed by atoms with van der Waals surface area (Å²) in [6.45, 7) is -0.475. The molecule has 0 fully saturated rings. The number of rotatable bonds is 5. The van der Waals surface area contributed by atoms with Crippen LogP contribution in [0.3, 0.4) is 0 Å². The monoisotopic (exact) mass is 384 g/mol. The molecular formula is C13H9BrN2O5S. The highest BCUT2D eigenvalue weighted by Gasteiger charge is 2.13. The van der Waals surface area contributed by atoms with Crippen LogP contribution in [0.4, 0.5) is 11.4 Å². The molecule has 0 unspecified atom stereocenters. The summed E-state index contributed by atoms with van der Waals surface area (Å²) < 4.78 is 5.64. The smallest absolute Gasteiger partial charge is 0.348 e. The van der Waals surface area contributed by atoms with Gasteiger partial charge in [0.1, 0.15) is 4.88 Å². The third kappa shape index (κ3) is 4.37. The SMILES string of the molecule is O=C(COC(=O)c1ccc(Br)s1)Nc1cccc([N+](=O)[O-])c1. The van der Waals surface area contributed by atoms with Crippen molar-refractivity contribution in [2.75, 3.05) is 11.9 Å². The molecule has 0 saturated heterocycles. The second-order valence-electron chi connectivity index (χ2n) is 4.04. The average Bonchev–Trinajstić information content (AvgIpc) is 2.91. The van der Waals surface area contributed by atoms with E-state index < -0.39 is 23.4 Å². The second kappa shape index (κ2) is 7.14. The Balaban J connectivity index is 1.89. The Morgan fingerprint density at radius 2 is 2.09 bits per heavy atom. The molecule has 114 valence electrons. The first-order chi connectivity index (χ1) is 10.5. The molecule has 1 aromatic heterocycles. The zero-order valence-corrected chi connectivity index (χ0v) is 13.3. The standard InChI is InChI=1S/C13H9BrN2O5S/c14-11-5-4-10(22-11)13(18)21-7-12(17)15-8-2-1-3-9(6-8)16(19)20/h1-6H,7H2,(H,15,17). The van der Waals surface area contributed by atoms with E-state index in [1.807, 2.05) is 0 Å². The van der Waals surface area contributed by atoms with E-state index in [1.54, 1.807) is 12.1 Å². The summed E-state index contributed by atoms with van der Waals surface area (Å²) >= 11 is 4.41. The Labute approximate surface area is 137 Å². The number of hydrogen-bond acceptors (Lipinski definition) is 6.